The van der Waals surface area contributed by atoms with E-state index in [0.29, 0.717) is 5.82 Å². The van der Waals surface area contributed by atoms with Gasteiger partial charge in [-0.3, -0.25) is 0 Å². The van der Waals surface area contributed by atoms with E-state index >= 15 is 0 Å². The van der Waals surface area contributed by atoms with Gasteiger partial charge in [-0.05, 0) is 102 Å². The van der Waals surface area contributed by atoms with E-state index in [9.17, 15) is 0 Å². The third kappa shape index (κ3) is 5.22. The minimum absolute atomic E-state index is 0.0998. The molecular weight excluding hydrogens is 737 g/mol. The molecule has 288 valence electrons. The predicted molar refractivity (Wildman–Crippen MR) is 254 cm³/mol. The molecule has 1 heterocycles. The third-order valence-electron chi connectivity index (χ3n) is 13.8. The molecule has 2 aliphatic rings. The Hall–Kier alpha value is -7.42. The van der Waals surface area contributed by atoms with E-state index in [-0.39, 0.29) is 10.8 Å². The fraction of sp³-hybridized carbons (Fsp3) is 0.0847. The Morgan fingerprint density at radius 1 is 0.344 bits per heavy atom. The maximum atomic E-state index is 5.42. The lowest BCUT2D eigenvalue weighted by atomic mass is 9.72. The molecule has 1 unspecified atom stereocenters. The van der Waals surface area contributed by atoms with Crippen molar-refractivity contribution >= 4 is 21.5 Å². The Morgan fingerprint density at radius 2 is 0.934 bits per heavy atom. The highest BCUT2D eigenvalue weighted by Crippen LogP contribution is 2.56. The molecule has 12 rings (SSSR count). The van der Waals surface area contributed by atoms with Gasteiger partial charge in [0.05, 0.1) is 11.4 Å². The largest absolute Gasteiger partial charge is 0.228 e. The second kappa shape index (κ2) is 13.3. The van der Waals surface area contributed by atoms with Gasteiger partial charge in [-0.25, -0.2) is 9.97 Å². The Bertz CT molecular complexity index is 3400. The van der Waals surface area contributed by atoms with Crippen LogP contribution in [-0.2, 0) is 10.8 Å². The standard InChI is InChI=1S/C59H42N2/c1-58(2)51-34-30-39(35-50(51)48-31-29-37-17-10-11-22-42(37)55(48)58)41-32-33-46(44-24-13-12-23-43(41)44)53-36-54(61-57(60-53)38-18-6-4-7-19-38)49-27-16-26-47-45-25-14-15-28-52(45)59(3,56(47)49)40-20-8-5-9-21-40/h4-36H,1-3H3. The molecule has 2 heteroatoms. The monoisotopic (exact) mass is 778 g/mol. The maximum Gasteiger partial charge on any atom is 0.160 e. The van der Waals surface area contributed by atoms with Crippen molar-refractivity contribution in [2.24, 2.45) is 0 Å². The van der Waals surface area contributed by atoms with Crippen molar-refractivity contribution in [3.8, 4) is 67.3 Å². The van der Waals surface area contributed by atoms with E-state index in [0.717, 1.165) is 33.5 Å². The first kappa shape index (κ1) is 35.5. The fourth-order valence-electron chi connectivity index (χ4n) is 10.9. The van der Waals surface area contributed by atoms with Crippen molar-refractivity contribution in [3.63, 3.8) is 0 Å². The summed E-state index contributed by atoms with van der Waals surface area (Å²) >= 11 is 0. The summed E-state index contributed by atoms with van der Waals surface area (Å²) in [6, 6.07) is 73.1. The van der Waals surface area contributed by atoms with Gasteiger partial charge in [0.15, 0.2) is 5.82 Å². The van der Waals surface area contributed by atoms with E-state index in [4.69, 9.17) is 9.97 Å². The van der Waals surface area contributed by atoms with Gasteiger partial charge in [0.2, 0.25) is 0 Å². The predicted octanol–water partition coefficient (Wildman–Crippen LogP) is 15.1. The van der Waals surface area contributed by atoms with E-state index in [1.807, 2.05) is 6.07 Å². The Kier molecular flexibility index (Phi) is 7.74. The molecule has 0 radical (unpaired) electrons. The SMILES string of the molecule is CC1(C)c2ccc(-c3ccc(-c4cc(-c5cccc6c5C(C)(c5ccccc5)c5ccccc5-6)nc(-c5ccccc5)n4)c4ccccc34)cc2-c2ccc3ccccc3c21. The lowest BCUT2D eigenvalue weighted by molar-refractivity contribution is 0.666. The number of hydrogen-bond donors (Lipinski definition) is 0. The second-order valence-corrected chi connectivity index (χ2v) is 17.4. The number of rotatable bonds is 5. The molecule has 1 atom stereocenters. The zero-order chi connectivity index (χ0) is 40.9. The molecule has 9 aromatic carbocycles. The van der Waals surface area contributed by atoms with Gasteiger partial charge in [0, 0.05) is 27.5 Å². The third-order valence-corrected chi connectivity index (χ3v) is 13.8. The summed E-state index contributed by atoms with van der Waals surface area (Å²) in [5.41, 5.74) is 18.8. The quantitative estimate of drug-likeness (QED) is 0.174. The van der Waals surface area contributed by atoms with Gasteiger partial charge in [-0.2, -0.15) is 0 Å². The molecule has 0 spiro atoms. The van der Waals surface area contributed by atoms with Crippen molar-refractivity contribution in [1.82, 2.24) is 9.97 Å². The van der Waals surface area contributed by atoms with Crippen LogP contribution in [0.15, 0.2) is 200 Å². The molecule has 0 saturated carbocycles. The summed E-state index contributed by atoms with van der Waals surface area (Å²) in [5.74, 6) is 0.711. The first-order chi connectivity index (χ1) is 29.9. The van der Waals surface area contributed by atoms with E-state index in [1.165, 1.54) is 77.4 Å². The molecule has 10 aromatic rings. The number of aromatic nitrogens is 2. The van der Waals surface area contributed by atoms with Crippen molar-refractivity contribution in [2.45, 2.75) is 31.6 Å². The molecule has 1 aromatic heterocycles. The molecule has 0 bridgehead atoms. The van der Waals surface area contributed by atoms with Crippen molar-refractivity contribution < 1.29 is 0 Å². The van der Waals surface area contributed by atoms with Crippen molar-refractivity contribution in [1.29, 1.82) is 0 Å². The van der Waals surface area contributed by atoms with E-state index in [2.05, 4.69) is 215 Å². The zero-order valence-electron chi connectivity index (χ0n) is 34.4. The number of nitrogens with zero attached hydrogens (tertiary/aromatic N) is 2. The van der Waals surface area contributed by atoms with E-state index < -0.39 is 0 Å². The molecule has 2 nitrogen and oxygen atoms in total. The Balaban J connectivity index is 1.05. The summed E-state index contributed by atoms with van der Waals surface area (Å²) < 4.78 is 0. The summed E-state index contributed by atoms with van der Waals surface area (Å²) in [7, 11) is 0. The number of benzene rings is 9. The van der Waals surface area contributed by atoms with Crippen LogP contribution >= 0.6 is 0 Å². The molecule has 61 heavy (non-hydrogen) atoms. The number of hydrogen-bond acceptors (Lipinski definition) is 2. The van der Waals surface area contributed by atoms with Crippen molar-refractivity contribution in [3.05, 3.63) is 228 Å². The van der Waals surface area contributed by atoms with Crippen LogP contribution in [0.1, 0.15) is 48.6 Å². The van der Waals surface area contributed by atoms with Gasteiger partial charge >= 0.3 is 0 Å². The van der Waals surface area contributed by atoms with Crippen LogP contribution in [0.25, 0.3) is 88.8 Å². The molecule has 0 amide bonds. The summed E-state index contributed by atoms with van der Waals surface area (Å²) in [4.78, 5) is 10.8. The summed E-state index contributed by atoms with van der Waals surface area (Å²) in [6.45, 7) is 7.13. The first-order valence-corrected chi connectivity index (χ1v) is 21.3. The molecule has 2 aliphatic carbocycles. The van der Waals surface area contributed by atoms with Gasteiger partial charge < -0.3 is 0 Å². The lowest BCUT2D eigenvalue weighted by Gasteiger charge is -2.30. The highest BCUT2D eigenvalue weighted by Gasteiger charge is 2.43. The number of fused-ring (bicyclic) bond motifs is 9. The smallest absolute Gasteiger partial charge is 0.160 e. The molecule has 0 fully saturated rings. The minimum atomic E-state index is -0.380. The van der Waals surface area contributed by atoms with Crippen LogP contribution in [0.2, 0.25) is 0 Å². The molecule has 0 saturated heterocycles. The lowest BCUT2D eigenvalue weighted by Crippen LogP contribution is -2.23. The van der Waals surface area contributed by atoms with Crippen LogP contribution in [-0.4, -0.2) is 9.97 Å². The Labute approximate surface area is 356 Å². The highest BCUT2D eigenvalue weighted by atomic mass is 14.9. The van der Waals surface area contributed by atoms with E-state index in [1.54, 1.807) is 0 Å². The second-order valence-electron chi connectivity index (χ2n) is 17.4. The van der Waals surface area contributed by atoms with Gasteiger partial charge in [-0.15, -0.1) is 0 Å². The van der Waals surface area contributed by atoms with Crippen LogP contribution < -0.4 is 0 Å². The van der Waals surface area contributed by atoms with Crippen LogP contribution in [0.4, 0.5) is 0 Å². The Morgan fingerprint density at radius 3 is 1.74 bits per heavy atom. The normalized spacial score (nSPS) is 15.7. The molecule has 0 aliphatic heterocycles. The first-order valence-electron chi connectivity index (χ1n) is 21.3. The minimum Gasteiger partial charge on any atom is -0.228 e. The van der Waals surface area contributed by atoms with Crippen LogP contribution in [0, 0.1) is 0 Å². The van der Waals surface area contributed by atoms with Crippen molar-refractivity contribution in [2.75, 3.05) is 0 Å². The van der Waals surface area contributed by atoms with Gasteiger partial charge in [0.25, 0.3) is 0 Å². The fourth-order valence-corrected chi connectivity index (χ4v) is 10.9. The van der Waals surface area contributed by atoms with Gasteiger partial charge in [0.1, 0.15) is 0 Å². The van der Waals surface area contributed by atoms with Crippen LogP contribution in [0.5, 0.6) is 0 Å². The maximum absolute atomic E-state index is 5.42. The average molecular weight is 779 g/mol. The highest BCUT2D eigenvalue weighted by molar-refractivity contribution is 6.06. The van der Waals surface area contributed by atoms with Crippen LogP contribution in [0.3, 0.4) is 0 Å². The molecule has 0 N–H and O–H groups in total. The summed E-state index contributed by atoms with van der Waals surface area (Å²) in [6.07, 6.45) is 0. The average Bonchev–Trinajstić information content (AvgIpc) is 3.73. The van der Waals surface area contributed by atoms with Gasteiger partial charge in [-0.1, -0.05) is 202 Å². The zero-order valence-corrected chi connectivity index (χ0v) is 34.4. The summed E-state index contributed by atoms with van der Waals surface area (Å²) in [5, 5.41) is 4.99. The molecular formula is C59H42N2. The topological polar surface area (TPSA) is 25.8 Å².